The molecule has 20 heavy (non-hydrogen) atoms. The average Bonchev–Trinajstić information content (AvgIpc) is 2.65. The van der Waals surface area contributed by atoms with Crippen molar-refractivity contribution in [3.63, 3.8) is 0 Å². The number of benzene rings is 1. The zero-order chi connectivity index (χ0) is 14.9. The summed E-state index contributed by atoms with van der Waals surface area (Å²) in [6.45, 7) is 3.79. The summed E-state index contributed by atoms with van der Waals surface area (Å²) in [5.74, 6) is 1.74. The molecule has 0 bridgehead atoms. The topological polar surface area (TPSA) is 86.2 Å². The van der Waals surface area contributed by atoms with Crippen LogP contribution in [0.4, 0.5) is 0 Å². The molecule has 1 heterocycles. The van der Waals surface area contributed by atoms with Crippen LogP contribution in [0.2, 0.25) is 0 Å². The predicted octanol–water partition coefficient (Wildman–Crippen LogP) is 2.12. The summed E-state index contributed by atoms with van der Waals surface area (Å²) in [6, 6.07) is 5.16. The molecule has 0 radical (unpaired) electrons. The highest BCUT2D eigenvalue weighted by molar-refractivity contribution is 5.97. The van der Waals surface area contributed by atoms with Crippen LogP contribution < -0.4 is 15.2 Å². The smallest absolute Gasteiger partial charge is 0.171 e. The molecule has 2 rings (SSSR count). The van der Waals surface area contributed by atoms with Crippen molar-refractivity contribution in [1.29, 1.82) is 5.41 Å². The first-order valence-electron chi connectivity index (χ1n) is 6.14. The van der Waals surface area contributed by atoms with Gasteiger partial charge < -0.3 is 15.2 Å². The fraction of sp³-hybridized carbons (Fsp3) is 0.286. The Morgan fingerprint density at radius 1 is 1.35 bits per heavy atom. The largest absolute Gasteiger partial charge is 0.497 e. The molecule has 6 nitrogen and oxygen atoms in total. The van der Waals surface area contributed by atoms with E-state index in [0.29, 0.717) is 22.8 Å². The van der Waals surface area contributed by atoms with Crippen LogP contribution in [-0.4, -0.2) is 22.7 Å². The van der Waals surface area contributed by atoms with Crippen molar-refractivity contribution >= 4 is 5.84 Å². The summed E-state index contributed by atoms with van der Waals surface area (Å²) in [7, 11) is 3.43. The molecule has 6 heteroatoms. The summed E-state index contributed by atoms with van der Waals surface area (Å²) in [6.07, 6.45) is 0. The third-order valence-corrected chi connectivity index (χ3v) is 3.13. The van der Waals surface area contributed by atoms with E-state index in [1.807, 2.05) is 20.9 Å². The SMILES string of the molecule is COc1ccc(C(=N)N)c(Oc2c(C)nn(C)c2C)c1. The second kappa shape index (κ2) is 5.24. The minimum Gasteiger partial charge on any atom is -0.497 e. The molecule has 1 aromatic carbocycles. The third kappa shape index (κ3) is 2.45. The lowest BCUT2D eigenvalue weighted by atomic mass is 10.1. The van der Waals surface area contributed by atoms with Gasteiger partial charge in [-0.1, -0.05) is 0 Å². The van der Waals surface area contributed by atoms with E-state index in [1.54, 1.807) is 30.0 Å². The minimum atomic E-state index is -0.0538. The van der Waals surface area contributed by atoms with Gasteiger partial charge in [-0.3, -0.25) is 10.1 Å². The van der Waals surface area contributed by atoms with Gasteiger partial charge in [-0.2, -0.15) is 5.10 Å². The number of rotatable bonds is 4. The number of ether oxygens (including phenoxy) is 2. The van der Waals surface area contributed by atoms with Crippen LogP contribution in [0.5, 0.6) is 17.2 Å². The summed E-state index contributed by atoms with van der Waals surface area (Å²) in [5.41, 5.74) is 7.79. The van der Waals surface area contributed by atoms with E-state index in [2.05, 4.69) is 5.10 Å². The Labute approximate surface area is 117 Å². The lowest BCUT2D eigenvalue weighted by molar-refractivity contribution is 0.408. The molecule has 106 valence electrons. The van der Waals surface area contributed by atoms with E-state index in [9.17, 15) is 0 Å². The molecule has 0 aliphatic carbocycles. The third-order valence-electron chi connectivity index (χ3n) is 3.13. The zero-order valence-electron chi connectivity index (χ0n) is 12.0. The van der Waals surface area contributed by atoms with E-state index >= 15 is 0 Å². The quantitative estimate of drug-likeness (QED) is 0.660. The van der Waals surface area contributed by atoms with Gasteiger partial charge in [0, 0.05) is 13.1 Å². The molecular weight excluding hydrogens is 256 g/mol. The van der Waals surface area contributed by atoms with E-state index in [4.69, 9.17) is 20.6 Å². The van der Waals surface area contributed by atoms with Gasteiger partial charge in [0.2, 0.25) is 0 Å². The number of aromatic nitrogens is 2. The van der Waals surface area contributed by atoms with Gasteiger partial charge in [0.25, 0.3) is 0 Å². The summed E-state index contributed by atoms with van der Waals surface area (Å²) in [4.78, 5) is 0. The summed E-state index contributed by atoms with van der Waals surface area (Å²) < 4.78 is 12.8. The molecule has 0 aliphatic rings. The lowest BCUT2D eigenvalue weighted by Gasteiger charge is -2.12. The highest BCUT2D eigenvalue weighted by atomic mass is 16.5. The van der Waals surface area contributed by atoms with Crippen molar-refractivity contribution in [2.75, 3.05) is 7.11 Å². The molecule has 0 fully saturated rings. The Balaban J connectivity index is 2.48. The minimum absolute atomic E-state index is 0.0538. The normalized spacial score (nSPS) is 10.4. The maximum atomic E-state index is 7.62. The van der Waals surface area contributed by atoms with Crippen LogP contribution >= 0.6 is 0 Å². The first-order chi connectivity index (χ1) is 9.43. The van der Waals surface area contributed by atoms with Crippen LogP contribution in [-0.2, 0) is 7.05 Å². The monoisotopic (exact) mass is 274 g/mol. The molecule has 0 spiro atoms. The van der Waals surface area contributed by atoms with E-state index in [0.717, 1.165) is 11.4 Å². The number of aryl methyl sites for hydroxylation is 2. The molecule has 0 saturated heterocycles. The fourth-order valence-corrected chi connectivity index (χ4v) is 1.95. The molecule has 0 amide bonds. The number of hydrogen-bond acceptors (Lipinski definition) is 4. The Morgan fingerprint density at radius 2 is 2.05 bits per heavy atom. The fourth-order valence-electron chi connectivity index (χ4n) is 1.95. The zero-order valence-corrected chi connectivity index (χ0v) is 12.0. The predicted molar refractivity (Wildman–Crippen MR) is 76.8 cm³/mol. The Bertz CT molecular complexity index is 661. The molecule has 3 N–H and O–H groups in total. The van der Waals surface area contributed by atoms with Gasteiger partial charge >= 0.3 is 0 Å². The molecule has 1 aromatic heterocycles. The first-order valence-corrected chi connectivity index (χ1v) is 6.14. The van der Waals surface area contributed by atoms with Crippen LogP contribution in [0.3, 0.4) is 0 Å². The highest BCUT2D eigenvalue weighted by Crippen LogP contribution is 2.32. The number of nitrogens with one attached hydrogen (secondary N) is 1. The van der Waals surface area contributed by atoms with Crippen molar-refractivity contribution in [3.8, 4) is 17.2 Å². The van der Waals surface area contributed by atoms with Crippen molar-refractivity contribution < 1.29 is 9.47 Å². The number of hydrogen-bond donors (Lipinski definition) is 2. The van der Waals surface area contributed by atoms with Gasteiger partial charge in [0.05, 0.1) is 18.4 Å². The van der Waals surface area contributed by atoms with Crippen LogP contribution in [0.15, 0.2) is 18.2 Å². The van der Waals surface area contributed by atoms with Crippen molar-refractivity contribution in [3.05, 3.63) is 35.2 Å². The maximum absolute atomic E-state index is 7.62. The number of nitrogens with zero attached hydrogens (tertiary/aromatic N) is 2. The van der Waals surface area contributed by atoms with Gasteiger partial charge in [-0.25, -0.2) is 0 Å². The average molecular weight is 274 g/mol. The molecule has 0 aliphatic heterocycles. The lowest BCUT2D eigenvalue weighted by Crippen LogP contribution is -2.12. The van der Waals surface area contributed by atoms with Crippen LogP contribution in [0, 0.1) is 19.3 Å². The molecule has 0 saturated carbocycles. The molecule has 2 aromatic rings. The van der Waals surface area contributed by atoms with Gasteiger partial charge in [0.15, 0.2) is 5.75 Å². The number of amidine groups is 1. The van der Waals surface area contributed by atoms with Gasteiger partial charge in [-0.05, 0) is 26.0 Å². The maximum Gasteiger partial charge on any atom is 0.171 e. The standard InChI is InChI=1S/C14H18N4O2/c1-8-13(9(2)18(3)17-8)20-12-7-10(19-4)5-6-11(12)14(15)16/h5-7H,1-4H3,(H3,15,16). The van der Waals surface area contributed by atoms with Crippen molar-refractivity contribution in [1.82, 2.24) is 9.78 Å². The summed E-state index contributed by atoms with van der Waals surface area (Å²) >= 11 is 0. The van der Waals surface area contributed by atoms with Crippen molar-refractivity contribution in [2.24, 2.45) is 12.8 Å². The molecule has 0 atom stereocenters. The van der Waals surface area contributed by atoms with E-state index < -0.39 is 0 Å². The van der Waals surface area contributed by atoms with Crippen molar-refractivity contribution in [2.45, 2.75) is 13.8 Å². The second-order valence-electron chi connectivity index (χ2n) is 4.50. The van der Waals surface area contributed by atoms with Gasteiger partial charge in [0.1, 0.15) is 23.0 Å². The molecular formula is C14H18N4O2. The Morgan fingerprint density at radius 3 is 2.55 bits per heavy atom. The van der Waals surface area contributed by atoms with Crippen LogP contribution in [0.1, 0.15) is 17.0 Å². The number of methoxy groups -OCH3 is 1. The van der Waals surface area contributed by atoms with E-state index in [1.165, 1.54) is 0 Å². The first kappa shape index (κ1) is 13.9. The Hall–Kier alpha value is -2.50. The van der Waals surface area contributed by atoms with Crippen LogP contribution in [0.25, 0.3) is 0 Å². The molecule has 0 unspecified atom stereocenters. The second-order valence-corrected chi connectivity index (χ2v) is 4.50. The highest BCUT2D eigenvalue weighted by Gasteiger charge is 2.15. The Kier molecular flexibility index (Phi) is 3.65. The number of nitrogen functional groups attached to an aromatic ring is 1. The number of nitrogens with two attached hydrogens (primary N) is 1. The van der Waals surface area contributed by atoms with Gasteiger partial charge in [-0.15, -0.1) is 0 Å². The summed E-state index contributed by atoms with van der Waals surface area (Å²) in [5, 5.41) is 11.9. The van der Waals surface area contributed by atoms with E-state index in [-0.39, 0.29) is 5.84 Å².